The van der Waals surface area contributed by atoms with Crippen molar-refractivity contribution in [3.63, 3.8) is 0 Å². The Bertz CT molecular complexity index is 1040. The summed E-state index contributed by atoms with van der Waals surface area (Å²) in [5.74, 6) is -1.79. The summed E-state index contributed by atoms with van der Waals surface area (Å²) in [4.78, 5) is 22.4. The van der Waals surface area contributed by atoms with Gasteiger partial charge in [-0.1, -0.05) is 29.4 Å². The van der Waals surface area contributed by atoms with Gasteiger partial charge in [-0.3, -0.25) is 4.79 Å². The molecule has 7 heteroatoms. The first-order valence-electron chi connectivity index (χ1n) is 7.93. The second kappa shape index (κ2) is 6.65. The van der Waals surface area contributed by atoms with Gasteiger partial charge in [-0.25, -0.2) is 9.37 Å². The Labute approximate surface area is 152 Å². The van der Waals surface area contributed by atoms with Crippen LogP contribution in [0.3, 0.4) is 0 Å². The van der Waals surface area contributed by atoms with E-state index in [0.717, 1.165) is 10.2 Å². The van der Waals surface area contributed by atoms with Crippen LogP contribution in [0.4, 0.5) is 4.39 Å². The molecule has 0 radical (unpaired) electrons. The van der Waals surface area contributed by atoms with Crippen LogP contribution < -0.4 is 0 Å². The third-order valence-electron chi connectivity index (χ3n) is 4.12. The fourth-order valence-corrected chi connectivity index (χ4v) is 3.83. The number of thiazole rings is 1. The van der Waals surface area contributed by atoms with Crippen molar-refractivity contribution in [2.45, 2.75) is 18.4 Å². The van der Waals surface area contributed by atoms with Crippen molar-refractivity contribution in [2.24, 2.45) is 5.16 Å². The third-order valence-corrected chi connectivity index (χ3v) is 5.22. The molecular formula is C19H12FN3O2S. The van der Waals surface area contributed by atoms with Gasteiger partial charge in [0.1, 0.15) is 10.8 Å². The van der Waals surface area contributed by atoms with Gasteiger partial charge in [0.2, 0.25) is 5.78 Å². The maximum absolute atomic E-state index is 13.4. The van der Waals surface area contributed by atoms with Crippen LogP contribution in [0.15, 0.2) is 53.7 Å². The number of carbonyl (C=O) groups excluding carboxylic acids is 1. The lowest BCUT2D eigenvalue weighted by Gasteiger charge is -2.09. The molecule has 4 rings (SSSR count). The molecule has 0 spiro atoms. The molecular weight excluding hydrogens is 353 g/mol. The fraction of sp³-hybridized carbons (Fsp3) is 0.158. The normalized spacial score (nSPS) is 17.4. The second-order valence-electron chi connectivity index (χ2n) is 5.83. The summed E-state index contributed by atoms with van der Waals surface area (Å²) in [5.41, 5.74) is 1.81. The zero-order valence-electron chi connectivity index (χ0n) is 13.4. The molecule has 0 bridgehead atoms. The predicted octanol–water partition coefficient (Wildman–Crippen LogP) is 3.80. The van der Waals surface area contributed by atoms with Gasteiger partial charge in [-0.15, -0.1) is 11.3 Å². The van der Waals surface area contributed by atoms with Gasteiger partial charge in [0.05, 0.1) is 22.0 Å². The average molecular weight is 365 g/mol. The molecule has 128 valence electrons. The van der Waals surface area contributed by atoms with Crippen LogP contribution in [0.5, 0.6) is 0 Å². The monoisotopic (exact) mass is 365 g/mol. The highest BCUT2D eigenvalue weighted by molar-refractivity contribution is 7.18. The number of hydrogen-bond acceptors (Lipinski definition) is 6. The number of hydrogen-bond donors (Lipinski definition) is 0. The van der Waals surface area contributed by atoms with Gasteiger partial charge in [0, 0.05) is 12.0 Å². The second-order valence-corrected chi connectivity index (χ2v) is 6.89. The maximum Gasteiger partial charge on any atom is 0.200 e. The van der Waals surface area contributed by atoms with E-state index >= 15 is 0 Å². The first kappa shape index (κ1) is 16.4. The molecule has 1 aromatic heterocycles. The maximum atomic E-state index is 13.4. The number of aromatic nitrogens is 1. The largest absolute Gasteiger partial charge is 0.384 e. The van der Waals surface area contributed by atoms with E-state index in [1.54, 1.807) is 12.1 Å². The van der Waals surface area contributed by atoms with Crippen LogP contribution in [0.2, 0.25) is 0 Å². The molecule has 0 unspecified atom stereocenters. The third kappa shape index (κ3) is 2.95. The van der Waals surface area contributed by atoms with E-state index in [9.17, 15) is 14.4 Å². The Balaban J connectivity index is 1.54. The highest BCUT2D eigenvalue weighted by Gasteiger charge is 2.36. The van der Waals surface area contributed by atoms with Crippen LogP contribution in [-0.4, -0.2) is 22.6 Å². The SMILES string of the molecule is N#C[C@H](C(=O)[C@H]1CC(c2cccc(F)c2)=NO1)c1nc2ccccc2s1. The summed E-state index contributed by atoms with van der Waals surface area (Å²) in [5, 5.41) is 13.9. The van der Waals surface area contributed by atoms with E-state index in [1.165, 1.54) is 23.5 Å². The van der Waals surface area contributed by atoms with Crippen molar-refractivity contribution in [3.05, 3.63) is 64.9 Å². The summed E-state index contributed by atoms with van der Waals surface area (Å²) in [6, 6.07) is 15.4. The van der Waals surface area contributed by atoms with Crippen LogP contribution in [0.1, 0.15) is 22.9 Å². The number of ketones is 1. The molecule has 26 heavy (non-hydrogen) atoms. The molecule has 0 amide bonds. The quantitative estimate of drug-likeness (QED) is 0.705. The van der Waals surface area contributed by atoms with E-state index in [-0.39, 0.29) is 18.0 Å². The van der Waals surface area contributed by atoms with Crippen molar-refractivity contribution < 1.29 is 14.0 Å². The van der Waals surface area contributed by atoms with Crippen LogP contribution >= 0.6 is 11.3 Å². The molecule has 0 aliphatic carbocycles. The number of halogens is 1. The summed E-state index contributed by atoms with van der Waals surface area (Å²) >= 11 is 1.32. The molecule has 3 aromatic rings. The molecule has 2 heterocycles. The van der Waals surface area contributed by atoms with Gasteiger partial charge in [0.25, 0.3) is 0 Å². The van der Waals surface area contributed by atoms with Gasteiger partial charge in [-0.05, 0) is 24.3 Å². The molecule has 2 atom stereocenters. The van der Waals surface area contributed by atoms with E-state index in [1.807, 2.05) is 30.3 Å². The molecule has 0 N–H and O–H groups in total. The Morgan fingerprint density at radius 2 is 2.15 bits per heavy atom. The first-order valence-corrected chi connectivity index (χ1v) is 8.75. The summed E-state index contributed by atoms with van der Waals surface area (Å²) in [6.07, 6.45) is -0.671. The molecule has 1 aliphatic rings. The lowest BCUT2D eigenvalue weighted by Crippen LogP contribution is -2.26. The zero-order valence-corrected chi connectivity index (χ0v) is 14.2. The van der Waals surface area contributed by atoms with E-state index < -0.39 is 12.0 Å². The van der Waals surface area contributed by atoms with Crippen LogP contribution in [0.25, 0.3) is 10.2 Å². The summed E-state index contributed by atoms with van der Waals surface area (Å²) in [7, 11) is 0. The first-order chi connectivity index (χ1) is 12.7. The Morgan fingerprint density at radius 3 is 2.92 bits per heavy atom. The fourth-order valence-electron chi connectivity index (χ4n) is 2.81. The lowest BCUT2D eigenvalue weighted by atomic mass is 9.96. The molecule has 1 aliphatic heterocycles. The van der Waals surface area contributed by atoms with Gasteiger partial charge in [0.15, 0.2) is 12.0 Å². The Morgan fingerprint density at radius 1 is 1.31 bits per heavy atom. The highest BCUT2D eigenvalue weighted by atomic mass is 32.1. The standard InChI is InChI=1S/C19H12FN3O2S/c20-12-5-3-4-11(8-12)15-9-16(25-23-15)18(24)13(10-21)19-22-14-6-1-2-7-17(14)26-19/h1-8,13,16H,9H2/t13-,16-/m1/s1. The van der Waals surface area contributed by atoms with E-state index in [4.69, 9.17) is 4.84 Å². The molecule has 2 aromatic carbocycles. The summed E-state index contributed by atoms with van der Waals surface area (Å²) < 4.78 is 14.3. The number of nitrogens with zero attached hydrogens (tertiary/aromatic N) is 3. The molecule has 0 saturated carbocycles. The lowest BCUT2D eigenvalue weighted by molar-refractivity contribution is -0.129. The van der Waals surface area contributed by atoms with E-state index in [2.05, 4.69) is 10.1 Å². The van der Waals surface area contributed by atoms with Crippen LogP contribution in [-0.2, 0) is 9.63 Å². The van der Waals surface area contributed by atoms with Crippen molar-refractivity contribution in [1.82, 2.24) is 4.98 Å². The number of fused-ring (bicyclic) bond motifs is 1. The molecule has 5 nitrogen and oxygen atoms in total. The van der Waals surface area contributed by atoms with Crippen molar-refractivity contribution in [3.8, 4) is 6.07 Å². The van der Waals surface area contributed by atoms with Gasteiger partial charge >= 0.3 is 0 Å². The van der Waals surface area contributed by atoms with Gasteiger partial charge in [-0.2, -0.15) is 5.26 Å². The topological polar surface area (TPSA) is 75.3 Å². The molecule has 0 fully saturated rings. The minimum atomic E-state index is -1.01. The summed E-state index contributed by atoms with van der Waals surface area (Å²) in [6.45, 7) is 0. The number of para-hydroxylation sites is 1. The zero-order chi connectivity index (χ0) is 18.1. The number of oxime groups is 1. The smallest absolute Gasteiger partial charge is 0.200 e. The minimum absolute atomic E-state index is 0.200. The van der Waals surface area contributed by atoms with Crippen LogP contribution in [0, 0.1) is 17.1 Å². The minimum Gasteiger partial charge on any atom is -0.384 e. The number of carbonyl (C=O) groups is 1. The van der Waals surface area contributed by atoms with Crippen molar-refractivity contribution >= 4 is 33.0 Å². The number of Topliss-reactive ketones (excluding diaryl/α,β-unsaturated/α-hetero) is 1. The highest BCUT2D eigenvalue weighted by Crippen LogP contribution is 2.30. The Kier molecular flexibility index (Phi) is 4.19. The van der Waals surface area contributed by atoms with Crippen molar-refractivity contribution in [2.75, 3.05) is 0 Å². The number of nitriles is 1. The van der Waals surface area contributed by atoms with Crippen molar-refractivity contribution in [1.29, 1.82) is 5.26 Å². The van der Waals surface area contributed by atoms with E-state index in [0.29, 0.717) is 16.3 Å². The molecule has 0 saturated heterocycles. The Hall–Kier alpha value is -3.11. The predicted molar refractivity (Wildman–Crippen MR) is 95.4 cm³/mol. The van der Waals surface area contributed by atoms with Gasteiger partial charge < -0.3 is 4.84 Å². The average Bonchev–Trinajstić information content (AvgIpc) is 3.29. The number of benzene rings is 2. The number of rotatable bonds is 4.